The van der Waals surface area contributed by atoms with Crippen LogP contribution in [0.5, 0.6) is 0 Å². The maximum absolute atomic E-state index is 11.7. The quantitative estimate of drug-likeness (QED) is 0.622. The van der Waals surface area contributed by atoms with Gasteiger partial charge in [-0.05, 0) is 24.1 Å². The molecule has 0 bridgehead atoms. The molecule has 1 nitrogen and oxygen atoms in total. The SMILES string of the molecule is CCCCCCCC(=O)Cc1cccc(Br)c1. The third-order valence-electron chi connectivity index (χ3n) is 2.85. The molecule has 1 aromatic rings. The van der Waals surface area contributed by atoms with E-state index in [2.05, 4.69) is 22.9 Å². The number of halogens is 1. The number of carbonyl (C=O) groups excluding carboxylic acids is 1. The van der Waals surface area contributed by atoms with Gasteiger partial charge in [-0.25, -0.2) is 0 Å². The van der Waals surface area contributed by atoms with Crippen LogP contribution in [0.2, 0.25) is 0 Å². The van der Waals surface area contributed by atoms with Gasteiger partial charge in [-0.1, -0.05) is 60.7 Å². The Hall–Kier alpha value is -0.630. The zero-order valence-corrected chi connectivity index (χ0v) is 12.1. The molecule has 0 aromatic heterocycles. The van der Waals surface area contributed by atoms with E-state index in [1.807, 2.05) is 24.3 Å². The minimum absolute atomic E-state index is 0.361. The molecule has 0 unspecified atom stereocenters. The van der Waals surface area contributed by atoms with Gasteiger partial charge < -0.3 is 0 Å². The topological polar surface area (TPSA) is 17.1 Å². The van der Waals surface area contributed by atoms with Crippen molar-refractivity contribution in [3.8, 4) is 0 Å². The molecule has 2 heteroatoms. The first kappa shape index (κ1) is 14.4. The van der Waals surface area contributed by atoms with Crippen molar-refractivity contribution >= 4 is 21.7 Å². The van der Waals surface area contributed by atoms with E-state index in [9.17, 15) is 4.79 Å². The first-order chi connectivity index (χ1) is 8.22. The zero-order valence-electron chi connectivity index (χ0n) is 10.5. The molecule has 0 N–H and O–H groups in total. The second kappa shape index (κ2) is 8.46. The summed E-state index contributed by atoms with van der Waals surface area (Å²) in [5.41, 5.74) is 1.11. The lowest BCUT2D eigenvalue weighted by atomic mass is 10.0. The van der Waals surface area contributed by atoms with E-state index in [4.69, 9.17) is 0 Å². The highest BCUT2D eigenvalue weighted by atomic mass is 79.9. The highest BCUT2D eigenvalue weighted by molar-refractivity contribution is 9.10. The number of ketones is 1. The van der Waals surface area contributed by atoms with Gasteiger partial charge in [0.05, 0.1) is 0 Å². The minimum Gasteiger partial charge on any atom is -0.299 e. The van der Waals surface area contributed by atoms with Gasteiger partial charge >= 0.3 is 0 Å². The minimum atomic E-state index is 0.361. The molecule has 0 spiro atoms. The Morgan fingerprint density at radius 1 is 1.18 bits per heavy atom. The van der Waals surface area contributed by atoms with E-state index in [-0.39, 0.29) is 0 Å². The molecule has 1 rings (SSSR count). The van der Waals surface area contributed by atoms with Crippen molar-refractivity contribution in [3.63, 3.8) is 0 Å². The van der Waals surface area contributed by atoms with Crippen molar-refractivity contribution in [2.45, 2.75) is 51.9 Å². The van der Waals surface area contributed by atoms with Crippen LogP contribution in [-0.2, 0) is 11.2 Å². The van der Waals surface area contributed by atoms with Crippen molar-refractivity contribution in [3.05, 3.63) is 34.3 Å². The molecule has 0 heterocycles. The summed E-state index contributed by atoms with van der Waals surface area (Å²) >= 11 is 3.42. The number of Topliss-reactive ketones (excluding diaryl/α,β-unsaturated/α-hetero) is 1. The molecular weight excluding hydrogens is 276 g/mol. The van der Waals surface area contributed by atoms with Crippen LogP contribution in [-0.4, -0.2) is 5.78 Å². The molecule has 0 aliphatic rings. The van der Waals surface area contributed by atoms with Crippen LogP contribution in [0.25, 0.3) is 0 Å². The summed E-state index contributed by atoms with van der Waals surface area (Å²) in [5.74, 6) is 0.361. The van der Waals surface area contributed by atoms with Gasteiger partial charge in [0.25, 0.3) is 0 Å². The number of unbranched alkanes of at least 4 members (excludes halogenated alkanes) is 4. The first-order valence-corrected chi connectivity index (χ1v) is 7.28. The van der Waals surface area contributed by atoms with Crippen LogP contribution in [0.1, 0.15) is 51.0 Å². The molecule has 1 aromatic carbocycles. The van der Waals surface area contributed by atoms with E-state index in [0.29, 0.717) is 12.2 Å². The lowest BCUT2D eigenvalue weighted by molar-refractivity contribution is -0.118. The van der Waals surface area contributed by atoms with Crippen LogP contribution < -0.4 is 0 Å². The average Bonchev–Trinajstić information content (AvgIpc) is 2.29. The average molecular weight is 297 g/mol. The van der Waals surface area contributed by atoms with Crippen LogP contribution >= 0.6 is 15.9 Å². The Morgan fingerprint density at radius 2 is 1.94 bits per heavy atom. The molecule has 17 heavy (non-hydrogen) atoms. The van der Waals surface area contributed by atoms with Crippen LogP contribution in [0.3, 0.4) is 0 Å². The maximum atomic E-state index is 11.7. The summed E-state index contributed by atoms with van der Waals surface area (Å²) in [6, 6.07) is 8.00. The third kappa shape index (κ3) is 6.62. The Morgan fingerprint density at radius 3 is 2.65 bits per heavy atom. The van der Waals surface area contributed by atoms with Gasteiger partial charge in [-0.2, -0.15) is 0 Å². The van der Waals surface area contributed by atoms with Crippen molar-refractivity contribution in [1.29, 1.82) is 0 Å². The predicted octanol–water partition coefficient (Wildman–Crippen LogP) is 4.92. The van der Waals surface area contributed by atoms with Crippen LogP contribution in [0.4, 0.5) is 0 Å². The van der Waals surface area contributed by atoms with Crippen molar-refractivity contribution < 1.29 is 4.79 Å². The number of hydrogen-bond acceptors (Lipinski definition) is 1. The molecule has 94 valence electrons. The molecule has 0 amide bonds. The number of hydrogen-bond donors (Lipinski definition) is 0. The van der Waals surface area contributed by atoms with Crippen molar-refractivity contribution in [2.75, 3.05) is 0 Å². The Bertz CT molecular complexity index is 347. The number of rotatable bonds is 8. The summed E-state index contributed by atoms with van der Waals surface area (Å²) in [5, 5.41) is 0. The summed E-state index contributed by atoms with van der Waals surface area (Å²) in [6.45, 7) is 2.21. The summed E-state index contributed by atoms with van der Waals surface area (Å²) in [4.78, 5) is 11.7. The van der Waals surface area contributed by atoms with Gasteiger partial charge in [0.1, 0.15) is 5.78 Å². The van der Waals surface area contributed by atoms with E-state index in [0.717, 1.165) is 22.9 Å². The van der Waals surface area contributed by atoms with Gasteiger partial charge in [-0.3, -0.25) is 4.79 Å². The van der Waals surface area contributed by atoms with E-state index < -0.39 is 0 Å². The standard InChI is InChI=1S/C15H21BrO/c1-2-3-4-5-6-10-15(17)12-13-8-7-9-14(16)11-13/h7-9,11H,2-6,10,12H2,1H3. The van der Waals surface area contributed by atoms with Crippen LogP contribution in [0.15, 0.2) is 28.7 Å². The maximum Gasteiger partial charge on any atom is 0.137 e. The smallest absolute Gasteiger partial charge is 0.137 e. The fourth-order valence-electron chi connectivity index (χ4n) is 1.89. The normalized spacial score (nSPS) is 10.5. The van der Waals surface area contributed by atoms with Crippen LogP contribution in [0, 0.1) is 0 Å². The highest BCUT2D eigenvalue weighted by Crippen LogP contribution is 2.13. The van der Waals surface area contributed by atoms with Crippen molar-refractivity contribution in [2.24, 2.45) is 0 Å². The lowest BCUT2D eigenvalue weighted by Gasteiger charge is -2.02. The number of carbonyl (C=O) groups is 1. The molecule has 0 radical (unpaired) electrons. The van der Waals surface area contributed by atoms with E-state index in [1.54, 1.807) is 0 Å². The fraction of sp³-hybridized carbons (Fsp3) is 0.533. The number of benzene rings is 1. The molecule has 0 aliphatic carbocycles. The monoisotopic (exact) mass is 296 g/mol. The van der Waals surface area contributed by atoms with Gasteiger partial charge in [-0.15, -0.1) is 0 Å². The summed E-state index contributed by atoms with van der Waals surface area (Å²) < 4.78 is 1.05. The second-order valence-corrected chi connectivity index (χ2v) is 5.43. The fourth-order valence-corrected chi connectivity index (χ4v) is 2.34. The second-order valence-electron chi connectivity index (χ2n) is 4.51. The predicted molar refractivity (Wildman–Crippen MR) is 76.2 cm³/mol. The molecule has 0 fully saturated rings. The summed E-state index contributed by atoms with van der Waals surface area (Å²) in [7, 11) is 0. The Balaban J connectivity index is 2.21. The largest absolute Gasteiger partial charge is 0.299 e. The highest BCUT2D eigenvalue weighted by Gasteiger charge is 2.03. The molecule has 0 atom stereocenters. The van der Waals surface area contributed by atoms with Crippen molar-refractivity contribution in [1.82, 2.24) is 0 Å². The zero-order chi connectivity index (χ0) is 12.5. The molecule has 0 saturated carbocycles. The molecule has 0 aliphatic heterocycles. The summed E-state index contributed by atoms with van der Waals surface area (Å²) in [6.07, 6.45) is 7.36. The molecular formula is C15H21BrO. The van der Waals surface area contributed by atoms with E-state index in [1.165, 1.54) is 25.7 Å². The lowest BCUT2D eigenvalue weighted by Crippen LogP contribution is -2.02. The first-order valence-electron chi connectivity index (χ1n) is 6.48. The Kier molecular flexibility index (Phi) is 7.18. The third-order valence-corrected chi connectivity index (χ3v) is 3.34. The van der Waals surface area contributed by atoms with Gasteiger partial charge in [0.15, 0.2) is 0 Å². The van der Waals surface area contributed by atoms with E-state index >= 15 is 0 Å². The van der Waals surface area contributed by atoms with Gasteiger partial charge in [0.2, 0.25) is 0 Å². The Labute approximate surface area is 113 Å². The molecule has 0 saturated heterocycles. The van der Waals surface area contributed by atoms with Gasteiger partial charge in [0, 0.05) is 17.3 Å².